The van der Waals surface area contributed by atoms with E-state index in [1.165, 1.54) is 17.9 Å². The van der Waals surface area contributed by atoms with Crippen LogP contribution < -0.4 is 14.2 Å². The number of halogens is 3. The van der Waals surface area contributed by atoms with Crippen LogP contribution in [0, 0.1) is 0 Å². The molecule has 0 aliphatic rings. The van der Waals surface area contributed by atoms with E-state index in [0.717, 1.165) is 12.1 Å². The van der Waals surface area contributed by atoms with Crippen LogP contribution in [0.15, 0.2) is 18.2 Å². The Morgan fingerprint density at radius 3 is 2.47 bits per heavy atom. The van der Waals surface area contributed by atoms with Crippen LogP contribution >= 0.6 is 0 Å². The fourth-order valence-electron chi connectivity index (χ4n) is 1.08. The number of phenols is 1. The zero-order chi connectivity index (χ0) is 14.7. The van der Waals surface area contributed by atoms with Gasteiger partial charge >= 0.3 is 6.18 Å². The molecule has 0 unspecified atom stereocenters. The number of anilines is 1. The molecule has 0 radical (unpaired) electrons. The summed E-state index contributed by atoms with van der Waals surface area (Å²) in [6.07, 6.45) is -4.67. The molecule has 0 heterocycles. The lowest BCUT2D eigenvalue weighted by molar-refractivity contribution is -0.121. The van der Waals surface area contributed by atoms with Crippen LogP contribution in [0.4, 0.5) is 18.9 Å². The summed E-state index contributed by atoms with van der Waals surface area (Å²) in [4.78, 5) is 0. The molecule has 0 aliphatic heterocycles. The zero-order valence-corrected chi connectivity index (χ0v) is 10.5. The van der Waals surface area contributed by atoms with Crippen molar-refractivity contribution in [2.24, 2.45) is 0 Å². The molecule has 1 aromatic carbocycles. The molecule has 1 aromatic rings. The first-order chi connectivity index (χ1) is 8.63. The number of methoxy groups -OCH3 is 1. The van der Waals surface area contributed by atoms with Crippen LogP contribution in [0.25, 0.3) is 0 Å². The van der Waals surface area contributed by atoms with Crippen molar-refractivity contribution >= 4 is 15.9 Å². The second-order valence-corrected chi connectivity index (χ2v) is 4.92. The van der Waals surface area contributed by atoms with Crippen molar-refractivity contribution in [2.75, 3.05) is 18.4 Å². The van der Waals surface area contributed by atoms with E-state index in [2.05, 4.69) is 0 Å². The predicted molar refractivity (Wildman–Crippen MR) is 61.3 cm³/mol. The SMILES string of the molecule is COc1ccc(NS(=O)(=O)NCC(F)(F)F)c(O)c1. The van der Waals surface area contributed by atoms with Crippen molar-refractivity contribution in [1.29, 1.82) is 0 Å². The third-order valence-corrected chi connectivity index (χ3v) is 2.92. The number of ether oxygens (including phenoxy) is 1. The van der Waals surface area contributed by atoms with Gasteiger partial charge in [-0.25, -0.2) is 0 Å². The minimum Gasteiger partial charge on any atom is -0.506 e. The maximum absolute atomic E-state index is 11.9. The van der Waals surface area contributed by atoms with Gasteiger partial charge in [0.2, 0.25) is 0 Å². The first-order valence-electron chi connectivity index (χ1n) is 4.84. The Hall–Kier alpha value is -1.68. The van der Waals surface area contributed by atoms with E-state index in [1.807, 2.05) is 0 Å². The monoisotopic (exact) mass is 300 g/mol. The summed E-state index contributed by atoms with van der Waals surface area (Å²) in [6.45, 7) is -1.71. The van der Waals surface area contributed by atoms with Gasteiger partial charge in [-0.3, -0.25) is 4.72 Å². The lowest BCUT2D eigenvalue weighted by Crippen LogP contribution is -2.37. The van der Waals surface area contributed by atoms with E-state index in [4.69, 9.17) is 4.74 Å². The summed E-state index contributed by atoms with van der Waals surface area (Å²) in [5.74, 6) is -0.208. The van der Waals surface area contributed by atoms with E-state index >= 15 is 0 Å². The van der Waals surface area contributed by atoms with Crippen LogP contribution in [0.1, 0.15) is 0 Å². The standard InChI is InChI=1S/C9H11F3N2O4S/c1-18-6-2-3-7(8(15)4-6)14-19(16,17)13-5-9(10,11)12/h2-4,13-15H,5H2,1H3. The molecule has 0 saturated carbocycles. The minimum atomic E-state index is -4.67. The second kappa shape index (κ2) is 5.53. The molecule has 0 bridgehead atoms. The van der Waals surface area contributed by atoms with Gasteiger partial charge in [0, 0.05) is 6.07 Å². The van der Waals surface area contributed by atoms with Gasteiger partial charge in [-0.05, 0) is 12.1 Å². The Morgan fingerprint density at radius 1 is 1.37 bits per heavy atom. The predicted octanol–water partition coefficient (Wildman–Crippen LogP) is 1.21. The van der Waals surface area contributed by atoms with Crippen LogP contribution in [0.3, 0.4) is 0 Å². The van der Waals surface area contributed by atoms with Crippen molar-refractivity contribution in [3.63, 3.8) is 0 Å². The average Bonchev–Trinajstić information content (AvgIpc) is 2.28. The molecule has 0 amide bonds. The lowest BCUT2D eigenvalue weighted by Gasteiger charge is -2.12. The molecule has 19 heavy (non-hydrogen) atoms. The summed E-state index contributed by atoms with van der Waals surface area (Å²) < 4.78 is 66.1. The smallest absolute Gasteiger partial charge is 0.402 e. The fourth-order valence-corrected chi connectivity index (χ4v) is 1.97. The highest BCUT2D eigenvalue weighted by Gasteiger charge is 2.29. The van der Waals surface area contributed by atoms with E-state index in [9.17, 15) is 26.7 Å². The van der Waals surface area contributed by atoms with Gasteiger partial charge in [0.15, 0.2) is 0 Å². The summed E-state index contributed by atoms with van der Waals surface area (Å²) >= 11 is 0. The lowest BCUT2D eigenvalue weighted by atomic mass is 10.3. The number of aromatic hydroxyl groups is 1. The highest BCUT2D eigenvalue weighted by Crippen LogP contribution is 2.28. The van der Waals surface area contributed by atoms with Gasteiger partial charge in [0.25, 0.3) is 10.2 Å². The van der Waals surface area contributed by atoms with Gasteiger partial charge in [0.1, 0.15) is 18.0 Å². The summed E-state index contributed by atoms with van der Waals surface area (Å²) in [5, 5.41) is 9.46. The maximum atomic E-state index is 11.9. The maximum Gasteiger partial charge on any atom is 0.402 e. The average molecular weight is 300 g/mol. The molecule has 0 saturated heterocycles. The van der Waals surface area contributed by atoms with Crippen LogP contribution in [-0.4, -0.2) is 33.4 Å². The number of nitrogens with one attached hydrogen (secondary N) is 2. The van der Waals surface area contributed by atoms with Crippen molar-refractivity contribution < 1.29 is 31.4 Å². The number of hydrogen-bond donors (Lipinski definition) is 3. The van der Waals surface area contributed by atoms with E-state index in [0.29, 0.717) is 0 Å². The van der Waals surface area contributed by atoms with E-state index in [-0.39, 0.29) is 11.4 Å². The number of rotatable bonds is 5. The molecule has 10 heteroatoms. The molecular formula is C9H11F3N2O4S. The highest BCUT2D eigenvalue weighted by molar-refractivity contribution is 7.90. The molecule has 0 aromatic heterocycles. The highest BCUT2D eigenvalue weighted by atomic mass is 32.2. The Balaban J connectivity index is 2.78. The van der Waals surface area contributed by atoms with E-state index < -0.39 is 28.7 Å². The summed E-state index contributed by atoms with van der Waals surface area (Å²) in [5.41, 5.74) is -0.268. The third-order valence-electron chi connectivity index (χ3n) is 1.91. The molecule has 108 valence electrons. The van der Waals surface area contributed by atoms with Crippen LogP contribution in [0.2, 0.25) is 0 Å². The molecular weight excluding hydrogens is 289 g/mol. The van der Waals surface area contributed by atoms with Crippen molar-refractivity contribution in [3.8, 4) is 11.5 Å². The number of alkyl halides is 3. The van der Waals surface area contributed by atoms with E-state index in [1.54, 1.807) is 4.72 Å². The Bertz CT molecular complexity index is 545. The Kier molecular flexibility index (Phi) is 4.48. The largest absolute Gasteiger partial charge is 0.506 e. The third kappa shape index (κ3) is 5.22. The molecule has 0 spiro atoms. The van der Waals surface area contributed by atoms with Gasteiger partial charge in [-0.2, -0.15) is 26.3 Å². The van der Waals surface area contributed by atoms with Gasteiger partial charge in [0.05, 0.1) is 12.8 Å². The number of hydrogen-bond acceptors (Lipinski definition) is 4. The number of benzene rings is 1. The minimum absolute atomic E-state index is 0.267. The molecule has 0 aliphatic carbocycles. The molecule has 0 atom stereocenters. The normalized spacial score (nSPS) is 12.2. The molecule has 3 N–H and O–H groups in total. The van der Waals surface area contributed by atoms with Gasteiger partial charge in [-0.15, -0.1) is 0 Å². The second-order valence-electron chi connectivity index (χ2n) is 3.42. The molecule has 1 rings (SSSR count). The van der Waals surface area contributed by atoms with Crippen LogP contribution in [-0.2, 0) is 10.2 Å². The molecule has 6 nitrogen and oxygen atoms in total. The van der Waals surface area contributed by atoms with Gasteiger partial charge in [-0.1, -0.05) is 0 Å². The zero-order valence-electron chi connectivity index (χ0n) is 9.65. The van der Waals surface area contributed by atoms with Crippen LogP contribution in [0.5, 0.6) is 11.5 Å². The first-order valence-corrected chi connectivity index (χ1v) is 6.32. The molecule has 0 fully saturated rings. The number of phenolic OH excluding ortho intramolecular Hbond substituents is 1. The van der Waals surface area contributed by atoms with Crippen molar-refractivity contribution in [1.82, 2.24) is 4.72 Å². The van der Waals surface area contributed by atoms with Crippen molar-refractivity contribution in [2.45, 2.75) is 6.18 Å². The van der Waals surface area contributed by atoms with Gasteiger partial charge < -0.3 is 9.84 Å². The van der Waals surface area contributed by atoms with Crippen molar-refractivity contribution in [3.05, 3.63) is 18.2 Å². The summed E-state index contributed by atoms with van der Waals surface area (Å²) in [7, 11) is -3.09. The summed E-state index contributed by atoms with van der Waals surface area (Å²) in [6, 6.07) is 3.60. The fraction of sp³-hybridized carbons (Fsp3) is 0.333. The quantitative estimate of drug-likeness (QED) is 0.713. The topological polar surface area (TPSA) is 87.7 Å². The Labute approximate surface area is 107 Å². The Morgan fingerprint density at radius 2 is 2.00 bits per heavy atom. The first kappa shape index (κ1) is 15.4.